The first-order valence-corrected chi connectivity index (χ1v) is 3.99. The molecule has 4 nitrogen and oxygen atoms in total. The Kier molecular flexibility index (Phi) is 3.23. The summed E-state index contributed by atoms with van der Waals surface area (Å²) in [4.78, 5) is 21.2. The molecule has 0 saturated heterocycles. The molecule has 1 heterocycles. The van der Waals surface area contributed by atoms with Crippen LogP contribution in [0, 0.1) is 6.92 Å². The van der Waals surface area contributed by atoms with Crippen LogP contribution in [0.3, 0.4) is 0 Å². The highest BCUT2D eigenvalue weighted by atomic mass is 16.5. The molecule has 0 aliphatic carbocycles. The van der Waals surface area contributed by atoms with E-state index in [4.69, 9.17) is 4.42 Å². The third kappa shape index (κ3) is 2.32. The minimum atomic E-state index is -0.466. The van der Waals surface area contributed by atoms with Gasteiger partial charge in [0.15, 0.2) is 12.0 Å². The van der Waals surface area contributed by atoms with Crippen molar-refractivity contribution >= 4 is 18.3 Å². The molecule has 0 N–H and O–H groups in total. The van der Waals surface area contributed by atoms with Crippen molar-refractivity contribution in [2.75, 3.05) is 7.11 Å². The largest absolute Gasteiger partial charge is 0.466 e. The van der Waals surface area contributed by atoms with E-state index in [9.17, 15) is 9.59 Å². The Labute approximate surface area is 81.2 Å². The summed E-state index contributed by atoms with van der Waals surface area (Å²) in [6.45, 7) is 1.75. The van der Waals surface area contributed by atoms with Crippen molar-refractivity contribution in [3.8, 4) is 0 Å². The maximum atomic E-state index is 10.7. The van der Waals surface area contributed by atoms with Gasteiger partial charge in [-0.25, -0.2) is 4.79 Å². The zero-order chi connectivity index (χ0) is 10.6. The van der Waals surface area contributed by atoms with Gasteiger partial charge in [0.1, 0.15) is 5.76 Å². The van der Waals surface area contributed by atoms with Gasteiger partial charge in [-0.2, -0.15) is 0 Å². The van der Waals surface area contributed by atoms with Gasteiger partial charge in [-0.15, -0.1) is 0 Å². The first-order valence-electron chi connectivity index (χ1n) is 3.99. The van der Waals surface area contributed by atoms with E-state index in [1.807, 2.05) is 0 Å². The van der Waals surface area contributed by atoms with Crippen LogP contribution < -0.4 is 0 Å². The van der Waals surface area contributed by atoms with Crippen LogP contribution in [0.5, 0.6) is 0 Å². The normalized spacial score (nSPS) is 10.4. The second-order valence-electron chi connectivity index (χ2n) is 2.67. The predicted octanol–water partition coefficient (Wildman–Crippen LogP) is 1.59. The fourth-order valence-corrected chi connectivity index (χ4v) is 0.939. The number of aryl methyl sites for hydroxylation is 1. The Bertz CT molecular complexity index is 373. The first kappa shape index (κ1) is 10.2. The topological polar surface area (TPSA) is 56.5 Å². The molecule has 0 aromatic carbocycles. The van der Waals surface area contributed by atoms with Gasteiger partial charge in [-0.05, 0) is 24.6 Å². The lowest BCUT2D eigenvalue weighted by Gasteiger charge is -1.87. The molecule has 0 fully saturated rings. The lowest BCUT2D eigenvalue weighted by atomic mass is 10.3. The second-order valence-corrected chi connectivity index (χ2v) is 2.67. The third-order valence-electron chi connectivity index (χ3n) is 1.67. The van der Waals surface area contributed by atoms with Gasteiger partial charge in [-0.1, -0.05) is 0 Å². The summed E-state index contributed by atoms with van der Waals surface area (Å²) in [5.74, 6) is 0.260. The van der Waals surface area contributed by atoms with E-state index < -0.39 is 5.97 Å². The Morgan fingerprint density at radius 2 is 2.29 bits per heavy atom. The van der Waals surface area contributed by atoms with Crippen LogP contribution in [0.4, 0.5) is 0 Å². The molecule has 74 valence electrons. The third-order valence-corrected chi connectivity index (χ3v) is 1.67. The molecule has 4 heteroatoms. The number of hydrogen-bond donors (Lipinski definition) is 0. The molecule has 0 radical (unpaired) electrons. The number of aldehydes is 1. The van der Waals surface area contributed by atoms with E-state index in [1.54, 1.807) is 13.0 Å². The van der Waals surface area contributed by atoms with E-state index in [0.29, 0.717) is 12.0 Å². The Morgan fingerprint density at radius 1 is 1.57 bits per heavy atom. The molecule has 1 aromatic rings. The number of carbonyl (C=O) groups excluding carboxylic acids is 2. The summed E-state index contributed by atoms with van der Waals surface area (Å²) in [6.07, 6.45) is 3.31. The minimum Gasteiger partial charge on any atom is -0.466 e. The van der Waals surface area contributed by atoms with Crippen LogP contribution in [-0.2, 0) is 9.53 Å². The summed E-state index contributed by atoms with van der Waals surface area (Å²) < 4.78 is 9.49. The van der Waals surface area contributed by atoms with Gasteiger partial charge in [0.25, 0.3) is 0 Å². The van der Waals surface area contributed by atoms with Crippen LogP contribution in [-0.4, -0.2) is 19.4 Å². The molecule has 0 aliphatic rings. The first-order chi connectivity index (χ1) is 6.67. The molecule has 14 heavy (non-hydrogen) atoms. The highest BCUT2D eigenvalue weighted by Crippen LogP contribution is 2.13. The predicted molar refractivity (Wildman–Crippen MR) is 49.9 cm³/mol. The van der Waals surface area contributed by atoms with Crippen molar-refractivity contribution in [1.82, 2.24) is 0 Å². The van der Waals surface area contributed by atoms with Gasteiger partial charge in [0, 0.05) is 6.08 Å². The maximum Gasteiger partial charge on any atom is 0.330 e. The zero-order valence-corrected chi connectivity index (χ0v) is 7.94. The monoisotopic (exact) mass is 194 g/mol. The number of hydrogen-bond acceptors (Lipinski definition) is 4. The lowest BCUT2D eigenvalue weighted by molar-refractivity contribution is -0.134. The molecule has 0 unspecified atom stereocenters. The zero-order valence-electron chi connectivity index (χ0n) is 7.94. The van der Waals surface area contributed by atoms with Crippen LogP contribution >= 0.6 is 0 Å². The SMILES string of the molecule is COC(=O)/C=C/c1cc(C)c(C=O)o1. The van der Waals surface area contributed by atoms with E-state index in [2.05, 4.69) is 4.74 Å². The molecule has 1 rings (SSSR count). The number of rotatable bonds is 3. The van der Waals surface area contributed by atoms with Crippen LogP contribution in [0.25, 0.3) is 6.08 Å². The summed E-state index contributed by atoms with van der Waals surface area (Å²) in [5.41, 5.74) is 0.740. The average molecular weight is 194 g/mol. The van der Waals surface area contributed by atoms with E-state index >= 15 is 0 Å². The molecule has 0 saturated carbocycles. The van der Waals surface area contributed by atoms with Crippen molar-refractivity contribution in [3.63, 3.8) is 0 Å². The van der Waals surface area contributed by atoms with Crippen LogP contribution in [0.1, 0.15) is 21.9 Å². The maximum absolute atomic E-state index is 10.7. The molecule has 0 amide bonds. The van der Waals surface area contributed by atoms with Crippen molar-refractivity contribution in [2.45, 2.75) is 6.92 Å². The quantitative estimate of drug-likeness (QED) is 0.416. The lowest BCUT2D eigenvalue weighted by Crippen LogP contribution is -1.92. The smallest absolute Gasteiger partial charge is 0.330 e. The van der Waals surface area contributed by atoms with Crippen molar-refractivity contribution in [2.24, 2.45) is 0 Å². The Balaban J connectivity index is 2.82. The summed E-state index contributed by atoms with van der Waals surface area (Å²) in [6, 6.07) is 1.67. The number of ether oxygens (including phenoxy) is 1. The van der Waals surface area contributed by atoms with Crippen LogP contribution in [0.2, 0.25) is 0 Å². The molecular formula is C10H10O4. The standard InChI is InChI=1S/C10H10O4/c1-7-5-8(14-9(7)6-11)3-4-10(12)13-2/h3-6H,1-2H3/b4-3+. The van der Waals surface area contributed by atoms with Crippen LogP contribution in [0.15, 0.2) is 16.6 Å². The summed E-state index contributed by atoms with van der Waals surface area (Å²) in [7, 11) is 1.29. The van der Waals surface area contributed by atoms with Gasteiger partial charge in [0.05, 0.1) is 7.11 Å². The molecule has 1 aromatic heterocycles. The molecule has 0 spiro atoms. The second kappa shape index (κ2) is 4.41. The molecule has 0 atom stereocenters. The minimum absolute atomic E-state index is 0.273. The summed E-state index contributed by atoms with van der Waals surface area (Å²) in [5, 5.41) is 0. The van der Waals surface area contributed by atoms with Crippen molar-refractivity contribution in [3.05, 3.63) is 29.2 Å². The Hall–Kier alpha value is -1.84. The Morgan fingerprint density at radius 3 is 2.79 bits per heavy atom. The van der Waals surface area contributed by atoms with E-state index in [0.717, 1.165) is 5.56 Å². The van der Waals surface area contributed by atoms with Crippen molar-refractivity contribution in [1.29, 1.82) is 0 Å². The number of carbonyl (C=O) groups is 2. The van der Waals surface area contributed by atoms with Gasteiger partial charge < -0.3 is 9.15 Å². The van der Waals surface area contributed by atoms with Crippen molar-refractivity contribution < 1.29 is 18.7 Å². The van der Waals surface area contributed by atoms with Gasteiger partial charge in [-0.3, -0.25) is 4.79 Å². The van der Waals surface area contributed by atoms with Gasteiger partial charge in [0.2, 0.25) is 0 Å². The fraction of sp³-hybridized carbons (Fsp3) is 0.200. The molecule has 0 aliphatic heterocycles. The fourth-order valence-electron chi connectivity index (χ4n) is 0.939. The number of esters is 1. The highest BCUT2D eigenvalue weighted by Gasteiger charge is 2.03. The number of furan rings is 1. The van der Waals surface area contributed by atoms with E-state index in [-0.39, 0.29) is 5.76 Å². The number of methoxy groups -OCH3 is 1. The average Bonchev–Trinajstić information content (AvgIpc) is 2.55. The highest BCUT2D eigenvalue weighted by molar-refractivity contribution is 5.86. The van der Waals surface area contributed by atoms with Gasteiger partial charge >= 0.3 is 5.97 Å². The molecular weight excluding hydrogens is 184 g/mol. The molecule has 0 bridgehead atoms. The summed E-state index contributed by atoms with van der Waals surface area (Å²) >= 11 is 0. The van der Waals surface area contributed by atoms with E-state index in [1.165, 1.54) is 19.3 Å².